The van der Waals surface area contributed by atoms with Crippen LogP contribution in [0, 0.1) is 0 Å². The number of para-hydroxylation sites is 1. The van der Waals surface area contributed by atoms with Gasteiger partial charge in [0, 0.05) is 37.7 Å². The third-order valence-electron chi connectivity index (χ3n) is 5.16. The molecule has 0 saturated heterocycles. The first kappa shape index (κ1) is 20.9. The van der Waals surface area contributed by atoms with Crippen molar-refractivity contribution in [1.82, 2.24) is 9.80 Å². The van der Waals surface area contributed by atoms with Gasteiger partial charge in [-0.3, -0.25) is 14.5 Å². The number of benzene rings is 2. The molecule has 1 saturated carbocycles. The van der Waals surface area contributed by atoms with E-state index in [4.69, 9.17) is 10.5 Å². The topological polar surface area (TPSA) is 75.9 Å². The van der Waals surface area contributed by atoms with Crippen molar-refractivity contribution in [1.29, 1.82) is 0 Å². The van der Waals surface area contributed by atoms with E-state index in [0.717, 1.165) is 29.7 Å². The Labute approximate surface area is 172 Å². The van der Waals surface area contributed by atoms with Gasteiger partial charge in [-0.2, -0.15) is 0 Å². The van der Waals surface area contributed by atoms with Crippen LogP contribution in [0.1, 0.15) is 30.4 Å². The number of nitrogens with zero attached hydrogens (tertiary/aromatic N) is 2. The third kappa shape index (κ3) is 6.32. The average molecular weight is 396 g/mol. The van der Waals surface area contributed by atoms with Gasteiger partial charge in [-0.05, 0) is 24.5 Å². The Bertz CT molecular complexity index is 821. The molecule has 0 atom stereocenters. The predicted molar refractivity (Wildman–Crippen MR) is 112 cm³/mol. The summed E-state index contributed by atoms with van der Waals surface area (Å²) in [6.07, 6.45) is 2.36. The highest BCUT2D eigenvalue weighted by molar-refractivity contribution is 5.80. The minimum absolute atomic E-state index is 0.0110. The summed E-state index contributed by atoms with van der Waals surface area (Å²) < 4.78 is 5.47. The summed E-state index contributed by atoms with van der Waals surface area (Å²) in [7, 11) is 1.66. The molecule has 1 aliphatic rings. The molecule has 0 spiro atoms. The maximum atomic E-state index is 13.1. The van der Waals surface area contributed by atoms with E-state index in [0.29, 0.717) is 32.2 Å². The van der Waals surface area contributed by atoms with E-state index >= 15 is 0 Å². The second kappa shape index (κ2) is 10.1. The Morgan fingerprint density at radius 2 is 1.72 bits per heavy atom. The molecule has 0 aromatic heterocycles. The van der Waals surface area contributed by atoms with Crippen molar-refractivity contribution < 1.29 is 14.3 Å². The fourth-order valence-electron chi connectivity index (χ4n) is 3.42. The smallest absolute Gasteiger partial charge is 0.237 e. The molecule has 0 bridgehead atoms. The molecular formula is C23H29N3O3. The predicted octanol–water partition coefficient (Wildman–Crippen LogP) is 2.56. The van der Waals surface area contributed by atoms with Crippen LogP contribution in [-0.2, 0) is 22.7 Å². The summed E-state index contributed by atoms with van der Waals surface area (Å²) in [5.74, 6) is 0.446. The van der Waals surface area contributed by atoms with E-state index < -0.39 is 5.91 Å². The summed E-state index contributed by atoms with van der Waals surface area (Å²) in [6, 6.07) is 18.1. The monoisotopic (exact) mass is 395 g/mol. The zero-order chi connectivity index (χ0) is 20.6. The van der Waals surface area contributed by atoms with Crippen LogP contribution in [0.25, 0.3) is 0 Å². The number of methoxy groups -OCH3 is 1. The van der Waals surface area contributed by atoms with Gasteiger partial charge in [-0.1, -0.05) is 48.5 Å². The molecule has 2 aromatic carbocycles. The van der Waals surface area contributed by atoms with Crippen LogP contribution < -0.4 is 10.5 Å². The molecule has 0 aliphatic heterocycles. The van der Waals surface area contributed by atoms with E-state index in [1.54, 1.807) is 12.0 Å². The van der Waals surface area contributed by atoms with Crippen LogP contribution in [0.2, 0.25) is 0 Å². The zero-order valence-electron chi connectivity index (χ0n) is 16.9. The van der Waals surface area contributed by atoms with Gasteiger partial charge in [0.15, 0.2) is 0 Å². The molecule has 6 heteroatoms. The number of carbonyl (C=O) groups is 2. The maximum Gasteiger partial charge on any atom is 0.237 e. The molecule has 0 unspecified atom stereocenters. The van der Waals surface area contributed by atoms with Crippen LogP contribution in [0.3, 0.4) is 0 Å². The number of ether oxygens (including phenoxy) is 1. The van der Waals surface area contributed by atoms with Crippen molar-refractivity contribution >= 4 is 11.8 Å². The molecule has 2 N–H and O–H groups in total. The Morgan fingerprint density at radius 1 is 1.03 bits per heavy atom. The first-order valence-electron chi connectivity index (χ1n) is 10.0. The van der Waals surface area contributed by atoms with E-state index in [9.17, 15) is 9.59 Å². The van der Waals surface area contributed by atoms with Gasteiger partial charge in [0.1, 0.15) is 5.75 Å². The Balaban J connectivity index is 1.70. The molecule has 0 heterocycles. The third-order valence-corrected chi connectivity index (χ3v) is 5.16. The van der Waals surface area contributed by atoms with Crippen molar-refractivity contribution in [3.05, 3.63) is 65.7 Å². The highest BCUT2D eigenvalue weighted by Crippen LogP contribution is 2.30. The normalized spacial score (nSPS) is 13.3. The quantitative estimate of drug-likeness (QED) is 0.634. The molecule has 154 valence electrons. The van der Waals surface area contributed by atoms with Crippen LogP contribution in [0.5, 0.6) is 5.75 Å². The number of amides is 2. The number of nitrogens with two attached hydrogens (primary N) is 1. The van der Waals surface area contributed by atoms with Gasteiger partial charge in [-0.15, -0.1) is 0 Å². The van der Waals surface area contributed by atoms with E-state index in [1.165, 1.54) is 0 Å². The van der Waals surface area contributed by atoms with Gasteiger partial charge in [0.05, 0.1) is 13.7 Å². The van der Waals surface area contributed by atoms with Crippen molar-refractivity contribution in [2.75, 3.05) is 20.2 Å². The Hall–Kier alpha value is -2.86. The molecule has 3 rings (SSSR count). The summed E-state index contributed by atoms with van der Waals surface area (Å²) in [4.78, 5) is 28.4. The molecule has 29 heavy (non-hydrogen) atoms. The van der Waals surface area contributed by atoms with Crippen LogP contribution in [0.4, 0.5) is 0 Å². The van der Waals surface area contributed by atoms with Gasteiger partial charge >= 0.3 is 0 Å². The summed E-state index contributed by atoms with van der Waals surface area (Å²) >= 11 is 0. The number of primary amides is 1. The lowest BCUT2D eigenvalue weighted by molar-refractivity contribution is -0.133. The number of carbonyl (C=O) groups excluding carboxylic acids is 2. The lowest BCUT2D eigenvalue weighted by Gasteiger charge is -2.28. The first-order chi connectivity index (χ1) is 14.1. The SMILES string of the molecule is COc1ccccc1CN(CC(=O)N(CCC(N)=O)Cc1ccccc1)C1CC1. The van der Waals surface area contributed by atoms with Gasteiger partial charge in [0.25, 0.3) is 0 Å². The second-order valence-corrected chi connectivity index (χ2v) is 7.47. The van der Waals surface area contributed by atoms with Crippen molar-refractivity contribution in [3.63, 3.8) is 0 Å². The summed E-state index contributed by atoms with van der Waals surface area (Å²) in [6.45, 7) is 1.78. The number of hydrogen-bond acceptors (Lipinski definition) is 4. The Morgan fingerprint density at radius 3 is 2.38 bits per heavy atom. The van der Waals surface area contributed by atoms with E-state index in [1.807, 2.05) is 54.6 Å². The second-order valence-electron chi connectivity index (χ2n) is 7.47. The molecule has 0 radical (unpaired) electrons. The molecular weight excluding hydrogens is 366 g/mol. The molecule has 2 amide bonds. The highest BCUT2D eigenvalue weighted by Gasteiger charge is 2.32. The van der Waals surface area contributed by atoms with Gasteiger partial charge in [-0.25, -0.2) is 0 Å². The zero-order valence-corrected chi connectivity index (χ0v) is 16.9. The van der Waals surface area contributed by atoms with E-state index in [-0.39, 0.29) is 12.3 Å². The molecule has 6 nitrogen and oxygen atoms in total. The molecule has 1 fully saturated rings. The van der Waals surface area contributed by atoms with Crippen LogP contribution >= 0.6 is 0 Å². The van der Waals surface area contributed by atoms with Crippen LogP contribution in [0.15, 0.2) is 54.6 Å². The Kier molecular flexibility index (Phi) is 7.25. The fraction of sp³-hybridized carbons (Fsp3) is 0.391. The minimum atomic E-state index is -0.399. The minimum Gasteiger partial charge on any atom is -0.496 e. The highest BCUT2D eigenvalue weighted by atomic mass is 16.5. The van der Waals surface area contributed by atoms with Crippen molar-refractivity contribution in [2.45, 2.75) is 38.4 Å². The van der Waals surface area contributed by atoms with Gasteiger partial charge < -0.3 is 15.4 Å². The molecule has 1 aliphatic carbocycles. The molecule has 2 aromatic rings. The van der Waals surface area contributed by atoms with Crippen molar-refractivity contribution in [3.8, 4) is 5.75 Å². The maximum absolute atomic E-state index is 13.1. The number of rotatable bonds is 11. The lowest BCUT2D eigenvalue weighted by Crippen LogP contribution is -2.42. The largest absolute Gasteiger partial charge is 0.496 e. The summed E-state index contributed by atoms with van der Waals surface area (Å²) in [5.41, 5.74) is 7.43. The number of hydrogen-bond donors (Lipinski definition) is 1. The van der Waals surface area contributed by atoms with E-state index in [2.05, 4.69) is 4.90 Å². The lowest BCUT2D eigenvalue weighted by atomic mass is 10.1. The summed E-state index contributed by atoms with van der Waals surface area (Å²) in [5, 5.41) is 0. The van der Waals surface area contributed by atoms with Gasteiger partial charge in [0.2, 0.25) is 11.8 Å². The van der Waals surface area contributed by atoms with Crippen LogP contribution in [-0.4, -0.2) is 47.9 Å². The standard InChI is InChI=1S/C23H29N3O3/c1-29-21-10-6-5-9-19(21)16-26(20-11-12-20)17-23(28)25(14-13-22(24)27)15-18-7-3-2-4-8-18/h2-10,20H,11-17H2,1H3,(H2,24,27). The average Bonchev–Trinajstić information content (AvgIpc) is 3.57. The first-order valence-corrected chi connectivity index (χ1v) is 10.0. The van der Waals surface area contributed by atoms with Crippen molar-refractivity contribution in [2.24, 2.45) is 5.73 Å². The fourth-order valence-corrected chi connectivity index (χ4v) is 3.42.